The SMILES string of the molecule is CCCCc1nc2cc(NC(=O)c3ccccc3)c(C)nc2n1Cc1ccc(Br)cc1. The zero-order valence-corrected chi connectivity index (χ0v) is 19.3. The molecular formula is C25H25BrN4O. The molecule has 5 nitrogen and oxygen atoms in total. The van der Waals surface area contributed by atoms with Gasteiger partial charge in [-0.1, -0.05) is 59.6 Å². The number of imidazole rings is 1. The number of benzene rings is 2. The Morgan fingerprint density at radius 3 is 2.52 bits per heavy atom. The number of aryl methyl sites for hydroxylation is 2. The molecule has 0 saturated carbocycles. The van der Waals surface area contributed by atoms with Crippen molar-refractivity contribution in [2.24, 2.45) is 0 Å². The predicted octanol–water partition coefficient (Wildman–Crippen LogP) is 6.15. The molecule has 31 heavy (non-hydrogen) atoms. The number of nitrogens with one attached hydrogen (secondary N) is 1. The third-order valence-corrected chi connectivity index (χ3v) is 5.81. The molecule has 0 atom stereocenters. The van der Waals surface area contributed by atoms with Crippen LogP contribution >= 0.6 is 15.9 Å². The maximum absolute atomic E-state index is 12.6. The Morgan fingerprint density at radius 1 is 1.06 bits per heavy atom. The van der Waals surface area contributed by atoms with Gasteiger partial charge >= 0.3 is 0 Å². The lowest BCUT2D eigenvalue weighted by atomic mass is 10.2. The van der Waals surface area contributed by atoms with Gasteiger partial charge in [0.2, 0.25) is 0 Å². The Labute approximate surface area is 190 Å². The lowest BCUT2D eigenvalue weighted by molar-refractivity contribution is 0.102. The highest BCUT2D eigenvalue weighted by molar-refractivity contribution is 9.10. The molecule has 0 saturated heterocycles. The number of halogens is 1. The maximum Gasteiger partial charge on any atom is 0.255 e. The zero-order valence-electron chi connectivity index (χ0n) is 17.7. The standard InChI is InChI=1S/C25H25BrN4O/c1-3-4-10-23-28-22-15-21(29-25(31)19-8-6-5-7-9-19)17(2)27-24(22)30(23)16-18-11-13-20(26)14-12-18/h5-9,11-15H,3-4,10,16H2,1-2H3,(H,29,31). The van der Waals surface area contributed by atoms with E-state index in [1.165, 1.54) is 5.56 Å². The summed E-state index contributed by atoms with van der Waals surface area (Å²) in [5.41, 5.74) is 4.93. The van der Waals surface area contributed by atoms with Gasteiger partial charge in [0.15, 0.2) is 5.65 Å². The maximum atomic E-state index is 12.6. The zero-order chi connectivity index (χ0) is 21.8. The van der Waals surface area contributed by atoms with Gasteiger partial charge in [0, 0.05) is 16.5 Å². The Balaban J connectivity index is 1.70. The molecule has 4 rings (SSSR count). The fourth-order valence-corrected chi connectivity index (χ4v) is 3.82. The highest BCUT2D eigenvalue weighted by Crippen LogP contribution is 2.24. The van der Waals surface area contributed by atoms with Crippen LogP contribution in [0.4, 0.5) is 5.69 Å². The molecule has 1 N–H and O–H groups in total. The van der Waals surface area contributed by atoms with Gasteiger partial charge in [-0.2, -0.15) is 0 Å². The molecule has 0 aliphatic rings. The summed E-state index contributed by atoms with van der Waals surface area (Å²) in [6.45, 7) is 4.81. The lowest BCUT2D eigenvalue weighted by Crippen LogP contribution is -2.13. The second kappa shape index (κ2) is 9.43. The largest absolute Gasteiger partial charge is 0.320 e. The van der Waals surface area contributed by atoms with Crippen molar-refractivity contribution in [3.63, 3.8) is 0 Å². The van der Waals surface area contributed by atoms with Crippen molar-refractivity contribution in [2.45, 2.75) is 39.7 Å². The minimum Gasteiger partial charge on any atom is -0.320 e. The summed E-state index contributed by atoms with van der Waals surface area (Å²) in [6.07, 6.45) is 3.07. The first-order chi connectivity index (χ1) is 15.0. The number of hydrogen-bond donors (Lipinski definition) is 1. The Morgan fingerprint density at radius 2 is 1.81 bits per heavy atom. The molecule has 0 radical (unpaired) electrons. The molecule has 1 amide bonds. The van der Waals surface area contributed by atoms with E-state index >= 15 is 0 Å². The number of nitrogens with zero attached hydrogens (tertiary/aromatic N) is 3. The fraction of sp³-hybridized carbons (Fsp3) is 0.240. The van der Waals surface area contributed by atoms with E-state index in [0.29, 0.717) is 17.8 Å². The van der Waals surface area contributed by atoms with Crippen molar-refractivity contribution in [1.82, 2.24) is 14.5 Å². The first kappa shape index (κ1) is 21.2. The average Bonchev–Trinajstić information content (AvgIpc) is 3.10. The Bertz CT molecular complexity index is 1200. The molecule has 0 spiro atoms. The quantitative estimate of drug-likeness (QED) is 0.348. The summed E-state index contributed by atoms with van der Waals surface area (Å²) in [7, 11) is 0. The molecule has 0 aliphatic heterocycles. The number of rotatable bonds is 7. The smallest absolute Gasteiger partial charge is 0.255 e. The van der Waals surface area contributed by atoms with Crippen LogP contribution < -0.4 is 5.32 Å². The molecular weight excluding hydrogens is 452 g/mol. The highest BCUT2D eigenvalue weighted by Gasteiger charge is 2.16. The molecule has 2 aromatic carbocycles. The molecule has 0 aliphatic carbocycles. The normalized spacial score (nSPS) is 11.1. The number of unbranched alkanes of at least 4 members (excludes halogenated alkanes) is 1. The van der Waals surface area contributed by atoms with Gasteiger partial charge in [-0.05, 0) is 49.2 Å². The van der Waals surface area contributed by atoms with E-state index in [-0.39, 0.29) is 5.91 Å². The summed E-state index contributed by atoms with van der Waals surface area (Å²) < 4.78 is 3.26. The van der Waals surface area contributed by atoms with E-state index < -0.39 is 0 Å². The van der Waals surface area contributed by atoms with Crippen molar-refractivity contribution >= 4 is 38.7 Å². The number of fused-ring (bicyclic) bond motifs is 1. The van der Waals surface area contributed by atoms with Crippen LogP contribution in [0.5, 0.6) is 0 Å². The summed E-state index contributed by atoms with van der Waals surface area (Å²) >= 11 is 3.50. The average molecular weight is 477 g/mol. The van der Waals surface area contributed by atoms with E-state index in [1.807, 2.05) is 31.2 Å². The highest BCUT2D eigenvalue weighted by atomic mass is 79.9. The van der Waals surface area contributed by atoms with Gasteiger partial charge in [0.05, 0.1) is 17.9 Å². The molecule has 2 aromatic heterocycles. The van der Waals surface area contributed by atoms with Crippen molar-refractivity contribution in [3.8, 4) is 0 Å². The topological polar surface area (TPSA) is 59.8 Å². The summed E-state index contributed by atoms with van der Waals surface area (Å²) in [5, 5.41) is 2.99. The molecule has 6 heteroatoms. The minimum absolute atomic E-state index is 0.148. The second-order valence-corrected chi connectivity index (χ2v) is 8.54. The summed E-state index contributed by atoms with van der Waals surface area (Å²) in [6, 6.07) is 19.5. The number of carbonyl (C=O) groups is 1. The van der Waals surface area contributed by atoms with Gasteiger partial charge in [0.25, 0.3) is 5.91 Å². The molecule has 158 valence electrons. The van der Waals surface area contributed by atoms with Gasteiger partial charge in [-0.3, -0.25) is 4.79 Å². The van der Waals surface area contributed by atoms with Crippen LogP contribution in [0.15, 0.2) is 65.1 Å². The number of aromatic nitrogens is 3. The first-order valence-corrected chi connectivity index (χ1v) is 11.3. The third-order valence-electron chi connectivity index (χ3n) is 5.28. The van der Waals surface area contributed by atoms with Crippen molar-refractivity contribution in [2.75, 3.05) is 5.32 Å². The summed E-state index contributed by atoms with van der Waals surface area (Å²) in [4.78, 5) is 22.3. The number of anilines is 1. The number of carbonyl (C=O) groups excluding carboxylic acids is 1. The van der Waals surface area contributed by atoms with Crippen LogP contribution in [0, 0.1) is 6.92 Å². The van der Waals surface area contributed by atoms with Crippen molar-refractivity contribution in [1.29, 1.82) is 0 Å². The van der Waals surface area contributed by atoms with Gasteiger partial charge in [-0.15, -0.1) is 0 Å². The van der Waals surface area contributed by atoms with Crippen LogP contribution in [0.25, 0.3) is 11.2 Å². The van der Waals surface area contributed by atoms with E-state index in [4.69, 9.17) is 9.97 Å². The summed E-state index contributed by atoms with van der Waals surface area (Å²) in [5.74, 6) is 0.878. The van der Waals surface area contributed by atoms with Crippen molar-refractivity contribution < 1.29 is 4.79 Å². The first-order valence-electron chi connectivity index (χ1n) is 10.5. The van der Waals surface area contributed by atoms with E-state index in [9.17, 15) is 4.79 Å². The lowest BCUT2D eigenvalue weighted by Gasteiger charge is -2.11. The third kappa shape index (κ3) is 4.85. The van der Waals surface area contributed by atoms with Crippen LogP contribution in [0.2, 0.25) is 0 Å². The predicted molar refractivity (Wildman–Crippen MR) is 129 cm³/mol. The van der Waals surface area contributed by atoms with E-state index in [1.54, 1.807) is 12.1 Å². The Kier molecular flexibility index (Phi) is 6.47. The van der Waals surface area contributed by atoms with Crippen LogP contribution in [0.1, 0.15) is 47.2 Å². The van der Waals surface area contributed by atoms with Gasteiger partial charge in [-0.25, -0.2) is 9.97 Å². The van der Waals surface area contributed by atoms with Crippen LogP contribution in [-0.2, 0) is 13.0 Å². The van der Waals surface area contributed by atoms with E-state index in [2.05, 4.69) is 57.0 Å². The number of pyridine rings is 1. The van der Waals surface area contributed by atoms with Crippen LogP contribution in [0.3, 0.4) is 0 Å². The van der Waals surface area contributed by atoms with Crippen molar-refractivity contribution in [3.05, 3.63) is 87.8 Å². The number of hydrogen-bond acceptors (Lipinski definition) is 3. The second-order valence-electron chi connectivity index (χ2n) is 7.63. The van der Waals surface area contributed by atoms with Gasteiger partial charge < -0.3 is 9.88 Å². The molecule has 0 bridgehead atoms. The Hall–Kier alpha value is -2.99. The van der Waals surface area contributed by atoms with Crippen LogP contribution in [-0.4, -0.2) is 20.4 Å². The number of amides is 1. The van der Waals surface area contributed by atoms with Gasteiger partial charge in [0.1, 0.15) is 11.3 Å². The molecule has 0 fully saturated rings. The molecule has 4 aromatic rings. The monoisotopic (exact) mass is 476 g/mol. The fourth-order valence-electron chi connectivity index (χ4n) is 3.56. The minimum atomic E-state index is -0.148. The molecule has 2 heterocycles. The molecule has 0 unspecified atom stereocenters. The van der Waals surface area contributed by atoms with E-state index in [0.717, 1.165) is 46.4 Å².